The van der Waals surface area contributed by atoms with Crippen molar-refractivity contribution < 1.29 is 4.74 Å². The minimum absolute atomic E-state index is 0.408. The lowest BCUT2D eigenvalue weighted by Crippen LogP contribution is -2.10. The van der Waals surface area contributed by atoms with Crippen molar-refractivity contribution >= 4 is 11.4 Å². The van der Waals surface area contributed by atoms with Crippen molar-refractivity contribution in [1.29, 1.82) is 10.8 Å². The summed E-state index contributed by atoms with van der Waals surface area (Å²) in [4.78, 5) is 0. The molecule has 58 valence electrons. The molecule has 2 N–H and O–H groups in total. The second-order valence-electron chi connectivity index (χ2n) is 2.30. The molecule has 0 aromatic rings. The van der Waals surface area contributed by atoms with Gasteiger partial charge < -0.3 is 15.6 Å². The van der Waals surface area contributed by atoms with Crippen molar-refractivity contribution in [1.82, 2.24) is 0 Å². The summed E-state index contributed by atoms with van der Waals surface area (Å²) in [5.41, 5.74) is 1.62. The summed E-state index contributed by atoms with van der Waals surface area (Å²) in [6.45, 7) is 0.408. The van der Waals surface area contributed by atoms with Crippen LogP contribution in [0.5, 0.6) is 0 Å². The van der Waals surface area contributed by atoms with E-state index in [9.17, 15) is 0 Å². The molecule has 0 heterocycles. The SMILES string of the molecule is COCC1=CC(=N)C=CC1=N. The van der Waals surface area contributed by atoms with Gasteiger partial charge in [-0.2, -0.15) is 0 Å². The Hall–Kier alpha value is -1.22. The van der Waals surface area contributed by atoms with E-state index >= 15 is 0 Å². The summed E-state index contributed by atoms with van der Waals surface area (Å²) < 4.78 is 4.86. The van der Waals surface area contributed by atoms with E-state index in [1.807, 2.05) is 0 Å². The molecule has 1 rings (SSSR count). The molecule has 0 spiro atoms. The Bertz CT molecular complexity index is 251. The zero-order chi connectivity index (χ0) is 8.27. The number of methoxy groups -OCH3 is 1. The zero-order valence-corrected chi connectivity index (χ0v) is 6.35. The van der Waals surface area contributed by atoms with E-state index in [1.165, 1.54) is 0 Å². The molecule has 1 aliphatic rings. The van der Waals surface area contributed by atoms with Crippen LogP contribution in [0.3, 0.4) is 0 Å². The van der Waals surface area contributed by atoms with E-state index in [1.54, 1.807) is 25.3 Å². The zero-order valence-electron chi connectivity index (χ0n) is 6.35. The molecule has 0 amide bonds. The normalized spacial score (nSPS) is 17.0. The molecule has 0 atom stereocenters. The topological polar surface area (TPSA) is 56.9 Å². The Morgan fingerprint density at radius 2 is 2.09 bits per heavy atom. The molecule has 11 heavy (non-hydrogen) atoms. The second kappa shape index (κ2) is 3.25. The largest absolute Gasteiger partial charge is 0.380 e. The minimum atomic E-state index is 0.408. The predicted molar refractivity (Wildman–Crippen MR) is 44.6 cm³/mol. The molecule has 0 saturated heterocycles. The summed E-state index contributed by atoms with van der Waals surface area (Å²) in [5.74, 6) is 0. The number of nitrogens with one attached hydrogen (secondary N) is 2. The third kappa shape index (κ3) is 1.85. The van der Waals surface area contributed by atoms with E-state index in [2.05, 4.69) is 0 Å². The Balaban J connectivity index is 2.76. The third-order valence-electron chi connectivity index (χ3n) is 1.41. The molecule has 0 aromatic heterocycles. The van der Waals surface area contributed by atoms with Crippen LogP contribution < -0.4 is 0 Å². The number of hydrogen-bond acceptors (Lipinski definition) is 3. The van der Waals surface area contributed by atoms with Gasteiger partial charge in [-0.25, -0.2) is 0 Å². The molecular formula is C8H10N2O. The van der Waals surface area contributed by atoms with Gasteiger partial charge in [0.1, 0.15) is 0 Å². The van der Waals surface area contributed by atoms with Crippen LogP contribution in [0.25, 0.3) is 0 Å². The summed E-state index contributed by atoms with van der Waals surface area (Å²) in [7, 11) is 1.58. The number of allylic oxidation sites excluding steroid dienone is 3. The minimum Gasteiger partial charge on any atom is -0.380 e. The lowest BCUT2D eigenvalue weighted by atomic mass is 10.0. The van der Waals surface area contributed by atoms with Crippen LogP contribution >= 0.6 is 0 Å². The fourth-order valence-corrected chi connectivity index (χ4v) is 0.869. The van der Waals surface area contributed by atoms with Gasteiger partial charge >= 0.3 is 0 Å². The van der Waals surface area contributed by atoms with Gasteiger partial charge in [-0.3, -0.25) is 0 Å². The van der Waals surface area contributed by atoms with Crippen LogP contribution in [0.2, 0.25) is 0 Å². The summed E-state index contributed by atoms with van der Waals surface area (Å²) >= 11 is 0. The maximum absolute atomic E-state index is 7.41. The van der Waals surface area contributed by atoms with Gasteiger partial charge in [0.2, 0.25) is 0 Å². The highest BCUT2D eigenvalue weighted by molar-refractivity contribution is 6.19. The number of rotatable bonds is 2. The Kier molecular flexibility index (Phi) is 2.33. The maximum Gasteiger partial charge on any atom is 0.0734 e. The first-order valence-corrected chi connectivity index (χ1v) is 3.29. The van der Waals surface area contributed by atoms with Crippen LogP contribution in [-0.4, -0.2) is 25.1 Å². The Labute approximate surface area is 65.4 Å². The van der Waals surface area contributed by atoms with Gasteiger partial charge in [-0.1, -0.05) is 0 Å². The van der Waals surface area contributed by atoms with E-state index in [0.717, 1.165) is 5.57 Å². The first-order valence-electron chi connectivity index (χ1n) is 3.29. The van der Waals surface area contributed by atoms with Crippen molar-refractivity contribution in [2.24, 2.45) is 0 Å². The molecule has 3 heteroatoms. The van der Waals surface area contributed by atoms with Crippen molar-refractivity contribution in [3.05, 3.63) is 23.8 Å². The van der Waals surface area contributed by atoms with Gasteiger partial charge in [-0.05, 0) is 18.2 Å². The first kappa shape index (κ1) is 7.88. The third-order valence-corrected chi connectivity index (χ3v) is 1.41. The molecule has 0 bridgehead atoms. The average Bonchev–Trinajstić information content (AvgIpc) is 1.98. The smallest absolute Gasteiger partial charge is 0.0734 e. The molecule has 3 nitrogen and oxygen atoms in total. The van der Waals surface area contributed by atoms with Crippen LogP contribution in [0.15, 0.2) is 23.8 Å². The van der Waals surface area contributed by atoms with Gasteiger partial charge in [0.25, 0.3) is 0 Å². The highest BCUT2D eigenvalue weighted by Crippen LogP contribution is 2.05. The Morgan fingerprint density at radius 1 is 1.36 bits per heavy atom. The van der Waals surface area contributed by atoms with Crippen LogP contribution in [-0.2, 0) is 4.74 Å². The van der Waals surface area contributed by atoms with Crippen molar-refractivity contribution in [2.75, 3.05) is 13.7 Å². The van der Waals surface area contributed by atoms with E-state index in [0.29, 0.717) is 18.0 Å². The van der Waals surface area contributed by atoms with Gasteiger partial charge in [0.15, 0.2) is 0 Å². The first-order chi connectivity index (χ1) is 5.24. The molecule has 0 fully saturated rings. The highest BCUT2D eigenvalue weighted by atomic mass is 16.5. The molecule has 0 unspecified atom stereocenters. The lowest BCUT2D eigenvalue weighted by molar-refractivity contribution is 0.230. The van der Waals surface area contributed by atoms with Crippen LogP contribution in [0, 0.1) is 10.8 Å². The molecule has 0 aliphatic heterocycles. The maximum atomic E-state index is 7.41. The predicted octanol–water partition coefficient (Wildman–Crippen LogP) is 1.17. The molecule has 0 radical (unpaired) electrons. The van der Waals surface area contributed by atoms with E-state index in [4.69, 9.17) is 15.6 Å². The van der Waals surface area contributed by atoms with Gasteiger partial charge in [0.05, 0.1) is 18.0 Å². The molecular weight excluding hydrogens is 140 g/mol. The molecule has 1 aliphatic carbocycles. The molecule has 0 aromatic carbocycles. The second-order valence-corrected chi connectivity index (χ2v) is 2.30. The monoisotopic (exact) mass is 150 g/mol. The quantitative estimate of drug-likeness (QED) is 0.570. The molecule has 0 saturated carbocycles. The van der Waals surface area contributed by atoms with E-state index < -0.39 is 0 Å². The van der Waals surface area contributed by atoms with Gasteiger partial charge in [-0.15, -0.1) is 0 Å². The van der Waals surface area contributed by atoms with Crippen molar-refractivity contribution in [3.63, 3.8) is 0 Å². The summed E-state index contributed by atoms with van der Waals surface area (Å²) in [5, 5.41) is 14.7. The standard InChI is InChI=1S/C8H10N2O/c1-11-5-6-4-7(9)2-3-8(6)10/h2-4,9-10H,5H2,1H3. The summed E-state index contributed by atoms with van der Waals surface area (Å²) in [6.07, 6.45) is 4.85. The average molecular weight is 150 g/mol. The van der Waals surface area contributed by atoms with Crippen LogP contribution in [0.1, 0.15) is 0 Å². The Morgan fingerprint density at radius 3 is 2.73 bits per heavy atom. The lowest BCUT2D eigenvalue weighted by Gasteiger charge is -2.07. The van der Waals surface area contributed by atoms with E-state index in [-0.39, 0.29) is 0 Å². The summed E-state index contributed by atoms with van der Waals surface area (Å²) in [6, 6.07) is 0. The number of hydrogen-bond donors (Lipinski definition) is 2. The van der Waals surface area contributed by atoms with Crippen molar-refractivity contribution in [2.45, 2.75) is 0 Å². The fourth-order valence-electron chi connectivity index (χ4n) is 0.869. The van der Waals surface area contributed by atoms with Crippen LogP contribution in [0.4, 0.5) is 0 Å². The number of ether oxygens (including phenoxy) is 1. The van der Waals surface area contributed by atoms with Crippen molar-refractivity contribution in [3.8, 4) is 0 Å². The fraction of sp³-hybridized carbons (Fsp3) is 0.250. The van der Waals surface area contributed by atoms with Gasteiger partial charge in [0, 0.05) is 12.7 Å². The highest BCUT2D eigenvalue weighted by Gasteiger charge is 2.06.